The quantitative estimate of drug-likeness (QED) is 0.0245. The molecule has 364 valence electrons. The van der Waals surface area contributed by atoms with Gasteiger partial charge >= 0.3 is 5.97 Å². The lowest BCUT2D eigenvalue weighted by molar-refractivity contribution is -0.151. The second kappa shape index (κ2) is 50.3. The second-order valence-corrected chi connectivity index (χ2v) is 18.0. The third-order valence-electron chi connectivity index (χ3n) is 11.9. The minimum Gasteiger partial charge on any atom is -0.462 e. The molecule has 0 rings (SSSR count). The van der Waals surface area contributed by atoms with Crippen molar-refractivity contribution in [3.8, 4) is 0 Å². The summed E-state index contributed by atoms with van der Waals surface area (Å²) < 4.78 is 5.91. The van der Waals surface area contributed by atoms with E-state index >= 15 is 0 Å². The third kappa shape index (κ3) is 45.7. The van der Waals surface area contributed by atoms with Crippen LogP contribution in [-0.4, -0.2) is 46.9 Å². The molecule has 0 saturated heterocycles. The molecule has 0 aliphatic rings. The molecular formula is C57H101NO5. The van der Waals surface area contributed by atoms with Crippen LogP contribution >= 0.6 is 0 Å². The van der Waals surface area contributed by atoms with E-state index in [1.807, 2.05) is 24.3 Å². The van der Waals surface area contributed by atoms with E-state index in [0.717, 1.165) is 96.3 Å². The summed E-state index contributed by atoms with van der Waals surface area (Å²) in [5, 5.41) is 23.8. The van der Waals surface area contributed by atoms with Crippen LogP contribution in [0.2, 0.25) is 0 Å². The molecule has 6 heteroatoms. The van der Waals surface area contributed by atoms with Crippen LogP contribution in [0.15, 0.2) is 72.9 Å². The summed E-state index contributed by atoms with van der Waals surface area (Å²) in [5.41, 5.74) is 0. The lowest BCUT2D eigenvalue weighted by Crippen LogP contribution is -2.46. The van der Waals surface area contributed by atoms with Gasteiger partial charge in [-0.2, -0.15) is 0 Å². The van der Waals surface area contributed by atoms with Gasteiger partial charge in [0.1, 0.15) is 6.10 Å². The molecule has 0 spiro atoms. The van der Waals surface area contributed by atoms with Crippen LogP contribution in [-0.2, 0) is 14.3 Å². The van der Waals surface area contributed by atoms with Crippen molar-refractivity contribution >= 4 is 11.9 Å². The largest absolute Gasteiger partial charge is 0.462 e. The standard InChI is InChI=1S/C57H101NO5/c1-4-7-10-13-16-19-22-24-26-28-29-31-33-35-38-41-44-47-50-57(62)63-53(48-45-42-39-36-21-18-15-12-9-6-3)51-56(61)58-54(52-59)55(60)49-46-43-40-37-34-32-30-27-25-23-20-17-14-11-8-5-2/h10,13,16,18-19,21-22,24,26,28-29,31,53-55,59-60H,4-9,11-12,14-15,17,20,23,25,27,30,32-52H2,1-3H3,(H,58,61)/b13-10+,19-16+,21-18-,24-22+,28-26+,31-29+. The van der Waals surface area contributed by atoms with Crippen LogP contribution in [0, 0.1) is 0 Å². The number of unbranched alkanes of at least 4 members (excludes halogenated alkanes) is 27. The number of hydrogen-bond acceptors (Lipinski definition) is 5. The Labute approximate surface area is 390 Å². The Kier molecular flexibility index (Phi) is 48.1. The summed E-state index contributed by atoms with van der Waals surface area (Å²) in [6.45, 7) is 6.37. The van der Waals surface area contributed by atoms with Gasteiger partial charge in [-0.15, -0.1) is 0 Å². The van der Waals surface area contributed by atoms with Gasteiger partial charge < -0.3 is 20.3 Å². The number of hydrogen-bond donors (Lipinski definition) is 3. The molecule has 0 aromatic rings. The fourth-order valence-electron chi connectivity index (χ4n) is 7.81. The normalized spacial score (nSPS) is 13.8. The summed E-state index contributed by atoms with van der Waals surface area (Å²) in [4.78, 5) is 26.1. The van der Waals surface area contributed by atoms with E-state index in [1.54, 1.807) is 0 Å². The molecule has 3 unspecified atom stereocenters. The maximum atomic E-state index is 13.2. The Morgan fingerprint density at radius 3 is 1.38 bits per heavy atom. The maximum absolute atomic E-state index is 13.2. The Balaban J connectivity index is 4.53. The van der Waals surface area contributed by atoms with Gasteiger partial charge in [0.05, 0.1) is 25.2 Å². The minimum atomic E-state index is -0.799. The fraction of sp³-hybridized carbons (Fsp3) is 0.754. The number of carbonyl (C=O) groups excluding carboxylic acids is 2. The monoisotopic (exact) mass is 880 g/mol. The number of aliphatic hydroxyl groups excluding tert-OH is 2. The number of ether oxygens (including phenoxy) is 1. The number of amides is 1. The van der Waals surface area contributed by atoms with Crippen LogP contribution in [0.1, 0.15) is 252 Å². The van der Waals surface area contributed by atoms with Crippen LogP contribution in [0.5, 0.6) is 0 Å². The number of allylic oxidation sites excluding steroid dienone is 12. The average molecular weight is 880 g/mol. The Bertz CT molecular complexity index is 1170. The first-order valence-electron chi connectivity index (χ1n) is 26.7. The first kappa shape index (κ1) is 60.3. The molecule has 0 saturated carbocycles. The van der Waals surface area contributed by atoms with E-state index in [2.05, 4.69) is 74.7 Å². The first-order chi connectivity index (χ1) is 31.0. The molecule has 0 fully saturated rings. The highest BCUT2D eigenvalue weighted by Gasteiger charge is 2.24. The topological polar surface area (TPSA) is 95.9 Å². The molecule has 1 amide bonds. The van der Waals surface area contributed by atoms with Gasteiger partial charge in [-0.05, 0) is 70.6 Å². The molecule has 63 heavy (non-hydrogen) atoms. The second-order valence-electron chi connectivity index (χ2n) is 18.0. The van der Waals surface area contributed by atoms with Crippen molar-refractivity contribution in [2.24, 2.45) is 0 Å². The Hall–Kier alpha value is -2.70. The van der Waals surface area contributed by atoms with E-state index in [-0.39, 0.29) is 24.9 Å². The molecule has 0 aliphatic heterocycles. The van der Waals surface area contributed by atoms with Crippen molar-refractivity contribution in [3.63, 3.8) is 0 Å². The van der Waals surface area contributed by atoms with E-state index in [9.17, 15) is 19.8 Å². The zero-order valence-electron chi connectivity index (χ0n) is 41.4. The number of rotatable bonds is 47. The summed E-state index contributed by atoms with van der Waals surface area (Å²) in [6, 6.07) is -0.714. The van der Waals surface area contributed by atoms with Crippen LogP contribution in [0.25, 0.3) is 0 Å². The highest BCUT2D eigenvalue weighted by Crippen LogP contribution is 2.18. The van der Waals surface area contributed by atoms with E-state index < -0.39 is 18.2 Å². The lowest BCUT2D eigenvalue weighted by atomic mass is 10.0. The van der Waals surface area contributed by atoms with Crippen molar-refractivity contribution in [2.75, 3.05) is 6.61 Å². The van der Waals surface area contributed by atoms with Crippen LogP contribution in [0.3, 0.4) is 0 Å². The number of carbonyl (C=O) groups is 2. The zero-order chi connectivity index (χ0) is 45.9. The zero-order valence-corrected chi connectivity index (χ0v) is 41.4. The Morgan fingerprint density at radius 1 is 0.460 bits per heavy atom. The maximum Gasteiger partial charge on any atom is 0.306 e. The van der Waals surface area contributed by atoms with Crippen molar-refractivity contribution in [2.45, 2.75) is 270 Å². The van der Waals surface area contributed by atoms with Gasteiger partial charge in [-0.1, -0.05) is 241 Å². The van der Waals surface area contributed by atoms with Gasteiger partial charge in [-0.3, -0.25) is 9.59 Å². The molecule has 0 aromatic heterocycles. The van der Waals surface area contributed by atoms with Gasteiger partial charge in [-0.25, -0.2) is 0 Å². The Morgan fingerprint density at radius 2 is 0.857 bits per heavy atom. The van der Waals surface area contributed by atoms with Gasteiger partial charge in [0, 0.05) is 6.42 Å². The number of esters is 1. The SMILES string of the molecule is CCC/C=C/C=C/C=C/C=C/C=C/CCCCCCCC(=O)OC(CCCCC/C=C\CCCCC)CC(=O)NC(CO)C(O)CCCCCCCCCCCCCCCCCC. The summed E-state index contributed by atoms with van der Waals surface area (Å²) in [5.74, 6) is -0.519. The van der Waals surface area contributed by atoms with Crippen LogP contribution in [0.4, 0.5) is 0 Å². The molecule has 3 N–H and O–H groups in total. The molecule has 3 atom stereocenters. The summed E-state index contributed by atoms with van der Waals surface area (Å²) >= 11 is 0. The number of nitrogens with one attached hydrogen (secondary N) is 1. The minimum absolute atomic E-state index is 0.0537. The van der Waals surface area contributed by atoms with Gasteiger partial charge in [0.2, 0.25) is 5.91 Å². The third-order valence-corrected chi connectivity index (χ3v) is 11.9. The molecule has 0 radical (unpaired) electrons. The van der Waals surface area contributed by atoms with Crippen LogP contribution < -0.4 is 5.32 Å². The van der Waals surface area contributed by atoms with E-state index in [1.165, 1.54) is 109 Å². The first-order valence-corrected chi connectivity index (χ1v) is 26.7. The van der Waals surface area contributed by atoms with E-state index in [0.29, 0.717) is 19.3 Å². The molecule has 0 heterocycles. The molecule has 6 nitrogen and oxygen atoms in total. The van der Waals surface area contributed by atoms with Crippen molar-refractivity contribution in [1.29, 1.82) is 0 Å². The molecular weight excluding hydrogens is 779 g/mol. The predicted octanol–water partition coefficient (Wildman–Crippen LogP) is 16.2. The highest BCUT2D eigenvalue weighted by atomic mass is 16.5. The van der Waals surface area contributed by atoms with E-state index in [4.69, 9.17) is 4.74 Å². The van der Waals surface area contributed by atoms with Gasteiger partial charge in [0.15, 0.2) is 0 Å². The summed E-state index contributed by atoms with van der Waals surface area (Å²) in [7, 11) is 0. The fourth-order valence-corrected chi connectivity index (χ4v) is 7.81. The van der Waals surface area contributed by atoms with Crippen molar-refractivity contribution < 1.29 is 24.5 Å². The van der Waals surface area contributed by atoms with Gasteiger partial charge in [0.25, 0.3) is 0 Å². The average Bonchev–Trinajstić information content (AvgIpc) is 3.28. The van der Waals surface area contributed by atoms with Crippen molar-refractivity contribution in [1.82, 2.24) is 5.32 Å². The summed E-state index contributed by atoms with van der Waals surface area (Å²) in [6.07, 6.45) is 63.9. The smallest absolute Gasteiger partial charge is 0.306 e. The number of aliphatic hydroxyl groups is 2. The molecule has 0 aromatic carbocycles. The highest BCUT2D eigenvalue weighted by molar-refractivity contribution is 5.77. The molecule has 0 bridgehead atoms. The lowest BCUT2D eigenvalue weighted by Gasteiger charge is -2.24. The molecule has 0 aliphatic carbocycles. The predicted molar refractivity (Wildman–Crippen MR) is 273 cm³/mol. The van der Waals surface area contributed by atoms with Crippen molar-refractivity contribution in [3.05, 3.63) is 72.9 Å².